The number of phenols is 2. The van der Waals surface area contributed by atoms with E-state index in [1.165, 1.54) is 11.6 Å². The van der Waals surface area contributed by atoms with Crippen LogP contribution in [0.5, 0.6) is 11.5 Å². The van der Waals surface area contributed by atoms with Gasteiger partial charge in [0.1, 0.15) is 11.5 Å². The first-order valence-corrected chi connectivity index (χ1v) is 8.01. The van der Waals surface area contributed by atoms with Crippen molar-refractivity contribution in [1.82, 2.24) is 5.06 Å². The van der Waals surface area contributed by atoms with E-state index in [9.17, 15) is 10.2 Å². The third-order valence-corrected chi connectivity index (χ3v) is 4.35. The van der Waals surface area contributed by atoms with E-state index in [4.69, 9.17) is 16.4 Å². The molecular formula is C18H20ClNO3. The number of hydrogen-bond donors (Lipinski definition) is 2. The van der Waals surface area contributed by atoms with Gasteiger partial charge in [0.05, 0.1) is 6.61 Å². The van der Waals surface area contributed by atoms with Crippen molar-refractivity contribution < 1.29 is 15.1 Å². The average molecular weight is 334 g/mol. The molecule has 0 spiro atoms. The Labute approximate surface area is 140 Å². The van der Waals surface area contributed by atoms with E-state index in [0.29, 0.717) is 18.7 Å². The maximum atomic E-state index is 10.0. The molecule has 0 aliphatic carbocycles. The summed E-state index contributed by atoms with van der Waals surface area (Å²) < 4.78 is 0. The highest BCUT2D eigenvalue weighted by Crippen LogP contribution is 2.33. The van der Waals surface area contributed by atoms with E-state index >= 15 is 0 Å². The Bertz CT molecular complexity index is 730. The van der Waals surface area contributed by atoms with Gasteiger partial charge in [-0.05, 0) is 40.8 Å². The van der Waals surface area contributed by atoms with Gasteiger partial charge in [-0.25, -0.2) is 0 Å². The van der Waals surface area contributed by atoms with E-state index in [-0.39, 0.29) is 24.0 Å². The molecule has 4 nitrogen and oxygen atoms in total. The standard InChI is InChI=1S/C18H20ClNO3/c1-11(2)16-6-14(17(21)7-18(16)22)10-23-20-8-12-3-4-15(19)5-13(12)9-20/h3-7,11,21-22H,8-10H2,1-2H3. The zero-order valence-corrected chi connectivity index (χ0v) is 14.0. The SMILES string of the molecule is CC(C)c1cc(CON2Cc3ccc(Cl)cc3C2)c(O)cc1O. The second kappa shape index (κ2) is 6.40. The fraction of sp³-hybridized carbons (Fsp3) is 0.333. The summed E-state index contributed by atoms with van der Waals surface area (Å²) in [4.78, 5) is 5.82. The van der Waals surface area contributed by atoms with Crippen LogP contribution in [-0.4, -0.2) is 15.3 Å². The van der Waals surface area contributed by atoms with Crippen LogP contribution in [0.2, 0.25) is 5.02 Å². The van der Waals surface area contributed by atoms with Crippen LogP contribution in [0.3, 0.4) is 0 Å². The third kappa shape index (κ3) is 3.44. The van der Waals surface area contributed by atoms with Gasteiger partial charge in [0.2, 0.25) is 0 Å². The molecule has 0 fully saturated rings. The largest absolute Gasteiger partial charge is 0.508 e. The van der Waals surface area contributed by atoms with Gasteiger partial charge in [-0.15, -0.1) is 0 Å². The minimum absolute atomic E-state index is 0.0478. The molecule has 1 aliphatic heterocycles. The number of aromatic hydroxyl groups is 2. The molecule has 1 aliphatic rings. The van der Waals surface area contributed by atoms with Crippen molar-refractivity contribution in [2.24, 2.45) is 0 Å². The number of hydroxylamine groups is 2. The minimum Gasteiger partial charge on any atom is -0.508 e. The molecule has 122 valence electrons. The molecule has 2 N–H and O–H groups in total. The van der Waals surface area contributed by atoms with Gasteiger partial charge < -0.3 is 10.2 Å². The van der Waals surface area contributed by atoms with Gasteiger partial charge in [0.15, 0.2) is 0 Å². The third-order valence-electron chi connectivity index (χ3n) is 4.11. The molecule has 3 rings (SSSR count). The molecule has 0 saturated heterocycles. The minimum atomic E-state index is 0.0478. The average Bonchev–Trinajstić information content (AvgIpc) is 2.87. The molecule has 0 saturated carbocycles. The number of benzene rings is 2. The van der Waals surface area contributed by atoms with Crippen LogP contribution in [0.15, 0.2) is 30.3 Å². The summed E-state index contributed by atoms with van der Waals surface area (Å²) in [6, 6.07) is 9.03. The van der Waals surface area contributed by atoms with Gasteiger partial charge >= 0.3 is 0 Å². The predicted octanol–water partition coefficient (Wildman–Crippen LogP) is 4.32. The zero-order valence-electron chi connectivity index (χ0n) is 13.2. The molecular weight excluding hydrogens is 314 g/mol. The summed E-state index contributed by atoms with van der Waals surface area (Å²) in [6.45, 7) is 5.62. The fourth-order valence-corrected chi connectivity index (χ4v) is 3.00. The first kappa shape index (κ1) is 16.1. The number of phenolic OH excluding ortho intramolecular Hbond substituents is 2. The smallest absolute Gasteiger partial charge is 0.124 e. The van der Waals surface area contributed by atoms with Crippen molar-refractivity contribution in [3.05, 3.63) is 57.6 Å². The Kier molecular flexibility index (Phi) is 4.48. The Balaban J connectivity index is 1.69. The normalized spacial score (nSPS) is 14.4. The highest BCUT2D eigenvalue weighted by molar-refractivity contribution is 6.30. The number of rotatable bonds is 4. The number of nitrogens with zero attached hydrogens (tertiary/aromatic N) is 1. The summed E-state index contributed by atoms with van der Waals surface area (Å²) >= 11 is 6.01. The Morgan fingerprint density at radius 3 is 2.57 bits per heavy atom. The lowest BCUT2D eigenvalue weighted by Gasteiger charge is -2.17. The van der Waals surface area contributed by atoms with Gasteiger partial charge in [0.25, 0.3) is 0 Å². The van der Waals surface area contributed by atoms with Crippen LogP contribution < -0.4 is 0 Å². The van der Waals surface area contributed by atoms with Crippen molar-refractivity contribution in [2.45, 2.75) is 39.5 Å². The summed E-state index contributed by atoms with van der Waals surface area (Å²) in [5.41, 5.74) is 3.83. The lowest BCUT2D eigenvalue weighted by Crippen LogP contribution is -2.16. The topological polar surface area (TPSA) is 52.9 Å². The molecule has 0 unspecified atom stereocenters. The molecule has 0 amide bonds. The molecule has 0 atom stereocenters. The highest BCUT2D eigenvalue weighted by atomic mass is 35.5. The van der Waals surface area contributed by atoms with Crippen molar-refractivity contribution in [2.75, 3.05) is 0 Å². The maximum Gasteiger partial charge on any atom is 0.124 e. The number of halogens is 1. The second-order valence-corrected chi connectivity index (χ2v) is 6.62. The maximum absolute atomic E-state index is 10.0. The lowest BCUT2D eigenvalue weighted by molar-refractivity contribution is -0.176. The Hall–Kier alpha value is -1.75. The fourth-order valence-electron chi connectivity index (χ4n) is 2.80. The summed E-state index contributed by atoms with van der Waals surface area (Å²) in [7, 11) is 0. The first-order chi connectivity index (χ1) is 10.9. The number of hydrogen-bond acceptors (Lipinski definition) is 4. The Morgan fingerprint density at radius 2 is 1.83 bits per heavy atom. The van der Waals surface area contributed by atoms with Crippen molar-refractivity contribution >= 4 is 11.6 Å². The van der Waals surface area contributed by atoms with E-state index in [0.717, 1.165) is 16.1 Å². The van der Waals surface area contributed by atoms with Crippen LogP contribution in [-0.2, 0) is 24.5 Å². The van der Waals surface area contributed by atoms with E-state index in [1.807, 2.05) is 37.1 Å². The molecule has 23 heavy (non-hydrogen) atoms. The molecule has 2 aromatic carbocycles. The van der Waals surface area contributed by atoms with Crippen LogP contribution in [0.25, 0.3) is 0 Å². The predicted molar refractivity (Wildman–Crippen MR) is 89.3 cm³/mol. The quantitative estimate of drug-likeness (QED) is 0.874. The van der Waals surface area contributed by atoms with Crippen LogP contribution in [0.1, 0.15) is 42.0 Å². The van der Waals surface area contributed by atoms with E-state index in [2.05, 4.69) is 0 Å². The first-order valence-electron chi connectivity index (χ1n) is 7.64. The molecule has 2 aromatic rings. The van der Waals surface area contributed by atoms with Crippen LogP contribution in [0, 0.1) is 0 Å². The van der Waals surface area contributed by atoms with Gasteiger partial charge in [0, 0.05) is 29.7 Å². The molecule has 0 aromatic heterocycles. The summed E-state index contributed by atoms with van der Waals surface area (Å²) in [5.74, 6) is 0.337. The summed E-state index contributed by atoms with van der Waals surface area (Å²) in [5, 5.41) is 22.5. The molecule has 5 heteroatoms. The Morgan fingerprint density at radius 1 is 1.09 bits per heavy atom. The second-order valence-electron chi connectivity index (χ2n) is 6.18. The van der Waals surface area contributed by atoms with Crippen LogP contribution in [0.4, 0.5) is 0 Å². The van der Waals surface area contributed by atoms with Crippen molar-refractivity contribution in [3.8, 4) is 11.5 Å². The van der Waals surface area contributed by atoms with E-state index < -0.39 is 0 Å². The molecule has 1 heterocycles. The zero-order chi connectivity index (χ0) is 16.6. The van der Waals surface area contributed by atoms with Crippen molar-refractivity contribution in [3.63, 3.8) is 0 Å². The highest BCUT2D eigenvalue weighted by Gasteiger charge is 2.20. The van der Waals surface area contributed by atoms with Crippen LogP contribution >= 0.6 is 11.6 Å². The van der Waals surface area contributed by atoms with Crippen molar-refractivity contribution in [1.29, 1.82) is 0 Å². The number of fused-ring (bicyclic) bond motifs is 1. The summed E-state index contributed by atoms with van der Waals surface area (Å²) in [6.07, 6.45) is 0. The molecule has 0 bridgehead atoms. The van der Waals surface area contributed by atoms with E-state index in [1.54, 1.807) is 6.07 Å². The molecule has 0 radical (unpaired) electrons. The lowest BCUT2D eigenvalue weighted by atomic mass is 9.99. The van der Waals surface area contributed by atoms with Gasteiger partial charge in [-0.3, -0.25) is 4.84 Å². The monoisotopic (exact) mass is 333 g/mol. The van der Waals surface area contributed by atoms with Gasteiger partial charge in [-0.1, -0.05) is 31.5 Å². The van der Waals surface area contributed by atoms with Gasteiger partial charge in [-0.2, -0.15) is 5.06 Å².